The van der Waals surface area contributed by atoms with Crippen molar-refractivity contribution in [1.29, 1.82) is 0 Å². The summed E-state index contributed by atoms with van der Waals surface area (Å²) in [5, 5.41) is 1.54. The third-order valence-electron chi connectivity index (χ3n) is 3.98. The van der Waals surface area contributed by atoms with E-state index in [-0.39, 0.29) is 0 Å². The van der Waals surface area contributed by atoms with Crippen LogP contribution in [0.3, 0.4) is 0 Å². The maximum absolute atomic E-state index is 5.81. The second kappa shape index (κ2) is 8.83. The van der Waals surface area contributed by atoms with Crippen LogP contribution in [0.25, 0.3) is 0 Å². The van der Waals surface area contributed by atoms with Crippen molar-refractivity contribution in [2.24, 2.45) is 0 Å². The van der Waals surface area contributed by atoms with Gasteiger partial charge in [-0.3, -0.25) is 0 Å². The van der Waals surface area contributed by atoms with E-state index in [1.165, 1.54) is 31.0 Å². The Labute approximate surface area is 126 Å². The number of rotatable bonds is 10. The predicted molar refractivity (Wildman–Crippen MR) is 93.8 cm³/mol. The van der Waals surface area contributed by atoms with Gasteiger partial charge in [-0.2, -0.15) is 0 Å². The molecule has 0 saturated carbocycles. The fraction of sp³-hybridized carbons (Fsp3) is 0.857. The standard InChI is InChI=1S/C14H30Cl2Si2/c1-14(18(4,5)12-7-10-16)8-13-17(2,3)11-6-9-15/h1,6-13H2,2-5H3. The Bertz CT molecular complexity index is 250. The van der Waals surface area contributed by atoms with Gasteiger partial charge in [0.2, 0.25) is 0 Å². The van der Waals surface area contributed by atoms with Gasteiger partial charge in [0, 0.05) is 19.8 Å². The summed E-state index contributed by atoms with van der Waals surface area (Å²) in [6, 6.07) is 4.02. The first kappa shape index (κ1) is 18.8. The highest BCUT2D eigenvalue weighted by molar-refractivity contribution is 6.84. The zero-order valence-electron chi connectivity index (χ0n) is 12.6. The van der Waals surface area contributed by atoms with Crippen LogP contribution >= 0.6 is 23.2 Å². The van der Waals surface area contributed by atoms with Crippen molar-refractivity contribution < 1.29 is 0 Å². The molecule has 0 saturated heterocycles. The molecule has 0 aromatic rings. The second-order valence-electron chi connectivity index (χ2n) is 6.74. The maximum Gasteiger partial charge on any atom is 0.0747 e. The minimum absolute atomic E-state index is 0.791. The Hall–Kier alpha value is 0.754. The molecule has 0 unspecified atom stereocenters. The summed E-state index contributed by atoms with van der Waals surface area (Å²) in [5.41, 5.74) is 0. The minimum Gasteiger partial charge on any atom is -0.127 e. The third-order valence-corrected chi connectivity index (χ3v) is 11.6. The lowest BCUT2D eigenvalue weighted by Gasteiger charge is -2.28. The summed E-state index contributed by atoms with van der Waals surface area (Å²) in [6.45, 7) is 14.2. The van der Waals surface area contributed by atoms with E-state index in [9.17, 15) is 0 Å². The van der Waals surface area contributed by atoms with Crippen LogP contribution in [0.15, 0.2) is 11.8 Å². The highest BCUT2D eigenvalue weighted by Gasteiger charge is 2.26. The molecule has 0 N–H and O–H groups in total. The smallest absolute Gasteiger partial charge is 0.0747 e. The average Bonchev–Trinajstić information content (AvgIpc) is 2.31. The van der Waals surface area contributed by atoms with Crippen LogP contribution in [0.5, 0.6) is 0 Å². The van der Waals surface area contributed by atoms with E-state index in [4.69, 9.17) is 23.2 Å². The zero-order valence-corrected chi connectivity index (χ0v) is 16.1. The first-order chi connectivity index (χ1) is 8.25. The molecule has 0 aliphatic heterocycles. The lowest BCUT2D eigenvalue weighted by atomic mass is 10.5. The zero-order chi connectivity index (χ0) is 14.2. The predicted octanol–water partition coefficient (Wildman–Crippen LogP) is 6.15. The Morgan fingerprint density at radius 1 is 0.889 bits per heavy atom. The molecule has 0 heterocycles. The molecular formula is C14H30Cl2Si2. The summed E-state index contributed by atoms with van der Waals surface area (Å²) in [6.07, 6.45) is 3.57. The topological polar surface area (TPSA) is 0 Å². The lowest BCUT2D eigenvalue weighted by molar-refractivity contribution is 1.00. The summed E-state index contributed by atoms with van der Waals surface area (Å²) in [7, 11) is -2.29. The van der Waals surface area contributed by atoms with Crippen molar-refractivity contribution in [3.8, 4) is 0 Å². The summed E-state index contributed by atoms with van der Waals surface area (Å²) in [4.78, 5) is 0. The van der Waals surface area contributed by atoms with Gasteiger partial charge in [0.1, 0.15) is 0 Å². The van der Waals surface area contributed by atoms with Crippen molar-refractivity contribution in [3.63, 3.8) is 0 Å². The fourth-order valence-corrected chi connectivity index (χ4v) is 7.73. The van der Waals surface area contributed by atoms with Gasteiger partial charge < -0.3 is 0 Å². The number of hydrogen-bond donors (Lipinski definition) is 0. The van der Waals surface area contributed by atoms with Gasteiger partial charge in [-0.25, -0.2) is 0 Å². The van der Waals surface area contributed by atoms with Gasteiger partial charge in [0.05, 0.1) is 8.07 Å². The van der Waals surface area contributed by atoms with Crippen molar-refractivity contribution in [3.05, 3.63) is 11.8 Å². The molecule has 0 bridgehead atoms. The molecule has 0 aliphatic carbocycles. The lowest BCUT2D eigenvalue weighted by Crippen LogP contribution is -2.31. The molecule has 0 amide bonds. The van der Waals surface area contributed by atoms with Gasteiger partial charge in [0.25, 0.3) is 0 Å². The average molecular weight is 325 g/mol. The summed E-state index contributed by atoms with van der Waals surface area (Å²) < 4.78 is 0. The molecule has 0 aromatic carbocycles. The van der Waals surface area contributed by atoms with Gasteiger partial charge in [-0.1, -0.05) is 49.5 Å². The highest BCUT2D eigenvalue weighted by Crippen LogP contribution is 2.28. The molecular weight excluding hydrogens is 295 g/mol. The number of halogens is 2. The van der Waals surface area contributed by atoms with Crippen molar-refractivity contribution in [2.45, 2.75) is 63.6 Å². The number of allylic oxidation sites excluding steroid dienone is 1. The molecule has 0 fully saturated rings. The van der Waals surface area contributed by atoms with Gasteiger partial charge >= 0.3 is 0 Å². The molecule has 108 valence electrons. The van der Waals surface area contributed by atoms with Crippen LogP contribution in [-0.4, -0.2) is 27.9 Å². The normalized spacial score (nSPS) is 12.8. The molecule has 0 aromatic heterocycles. The van der Waals surface area contributed by atoms with Crippen molar-refractivity contribution >= 4 is 39.3 Å². The quantitative estimate of drug-likeness (QED) is 0.334. The minimum atomic E-state index is -1.24. The Kier molecular flexibility index (Phi) is 9.20. The monoisotopic (exact) mass is 324 g/mol. The SMILES string of the molecule is C=C(CC[Si](C)(C)CCCCl)[Si](C)(C)CCCCl. The van der Waals surface area contributed by atoms with Crippen molar-refractivity contribution in [1.82, 2.24) is 0 Å². The van der Waals surface area contributed by atoms with Crippen LogP contribution in [0.4, 0.5) is 0 Å². The Morgan fingerprint density at radius 3 is 1.89 bits per heavy atom. The number of alkyl halides is 2. The van der Waals surface area contributed by atoms with E-state index in [0.717, 1.165) is 18.2 Å². The van der Waals surface area contributed by atoms with Crippen LogP contribution in [0.1, 0.15) is 19.3 Å². The maximum atomic E-state index is 5.81. The van der Waals surface area contributed by atoms with E-state index in [2.05, 4.69) is 32.8 Å². The fourth-order valence-electron chi connectivity index (χ4n) is 2.18. The van der Waals surface area contributed by atoms with Crippen molar-refractivity contribution in [2.75, 3.05) is 11.8 Å². The van der Waals surface area contributed by atoms with Crippen LogP contribution in [0.2, 0.25) is 44.3 Å². The first-order valence-corrected chi connectivity index (χ1v) is 14.7. The van der Waals surface area contributed by atoms with Crippen LogP contribution in [-0.2, 0) is 0 Å². The summed E-state index contributed by atoms with van der Waals surface area (Å²) in [5.74, 6) is 1.60. The van der Waals surface area contributed by atoms with E-state index in [1.807, 2.05) is 0 Å². The van der Waals surface area contributed by atoms with Crippen LogP contribution in [0, 0.1) is 0 Å². The molecule has 18 heavy (non-hydrogen) atoms. The number of hydrogen-bond acceptors (Lipinski definition) is 0. The first-order valence-electron chi connectivity index (χ1n) is 7.05. The molecule has 0 spiro atoms. The van der Waals surface area contributed by atoms with E-state index >= 15 is 0 Å². The summed E-state index contributed by atoms with van der Waals surface area (Å²) >= 11 is 11.6. The molecule has 0 nitrogen and oxygen atoms in total. The van der Waals surface area contributed by atoms with Gasteiger partial charge in [0.15, 0.2) is 0 Å². The largest absolute Gasteiger partial charge is 0.127 e. The van der Waals surface area contributed by atoms with E-state index in [0.29, 0.717) is 0 Å². The molecule has 0 rings (SSSR count). The van der Waals surface area contributed by atoms with Crippen LogP contribution < -0.4 is 0 Å². The highest BCUT2D eigenvalue weighted by atomic mass is 35.5. The molecule has 0 atom stereocenters. The van der Waals surface area contributed by atoms with E-state index < -0.39 is 16.1 Å². The molecule has 0 aliphatic rings. The second-order valence-corrected chi connectivity index (χ2v) is 17.8. The molecule has 4 heteroatoms. The molecule has 0 radical (unpaired) electrons. The van der Waals surface area contributed by atoms with Gasteiger partial charge in [-0.15, -0.1) is 29.8 Å². The Morgan fingerprint density at radius 2 is 1.39 bits per heavy atom. The van der Waals surface area contributed by atoms with E-state index in [1.54, 1.807) is 5.20 Å². The Balaban J connectivity index is 4.15. The van der Waals surface area contributed by atoms with Gasteiger partial charge in [-0.05, 0) is 19.3 Å². The third kappa shape index (κ3) is 8.03.